The Balaban J connectivity index is 2.33. The fourth-order valence-electron chi connectivity index (χ4n) is 3.12. The number of hydrogen-bond acceptors (Lipinski definition) is 2. The van der Waals surface area contributed by atoms with Crippen LogP contribution in [0.2, 0.25) is 0 Å². The molecule has 0 aliphatic heterocycles. The summed E-state index contributed by atoms with van der Waals surface area (Å²) in [7, 11) is 1.45. The standard InChI is InChI=1S/C15H19FO2/c1-4-15(5-2)11(9-14(15)17)10-6-7-13(18-3)12(16)8-10/h6-8,11H,4-5,9H2,1-3H3. The smallest absolute Gasteiger partial charge is 0.165 e. The van der Waals surface area contributed by atoms with Crippen LogP contribution in [0.4, 0.5) is 4.39 Å². The summed E-state index contributed by atoms with van der Waals surface area (Å²) in [5.41, 5.74) is 0.637. The third-order valence-electron chi connectivity index (χ3n) is 4.45. The SMILES string of the molecule is CCC1(CC)C(=O)CC1c1ccc(OC)c(F)c1. The van der Waals surface area contributed by atoms with Gasteiger partial charge < -0.3 is 4.74 Å². The first-order chi connectivity index (χ1) is 8.58. The van der Waals surface area contributed by atoms with Crippen LogP contribution in [0.3, 0.4) is 0 Å². The highest BCUT2D eigenvalue weighted by molar-refractivity contribution is 5.93. The van der Waals surface area contributed by atoms with Gasteiger partial charge in [-0.05, 0) is 30.5 Å². The van der Waals surface area contributed by atoms with Gasteiger partial charge in [0, 0.05) is 17.8 Å². The lowest BCUT2D eigenvalue weighted by molar-refractivity contribution is -0.141. The lowest BCUT2D eigenvalue weighted by Gasteiger charge is -2.47. The summed E-state index contributed by atoms with van der Waals surface area (Å²) >= 11 is 0. The molecule has 0 aromatic heterocycles. The predicted octanol–water partition coefficient (Wildman–Crippen LogP) is 3.70. The van der Waals surface area contributed by atoms with Gasteiger partial charge in [0.05, 0.1) is 7.11 Å². The van der Waals surface area contributed by atoms with Crippen molar-refractivity contribution in [3.63, 3.8) is 0 Å². The first-order valence-corrected chi connectivity index (χ1v) is 6.45. The predicted molar refractivity (Wildman–Crippen MR) is 68.3 cm³/mol. The van der Waals surface area contributed by atoms with Gasteiger partial charge in [0.15, 0.2) is 11.6 Å². The van der Waals surface area contributed by atoms with Crippen LogP contribution in [0, 0.1) is 11.2 Å². The van der Waals surface area contributed by atoms with Crippen molar-refractivity contribution in [2.45, 2.75) is 39.0 Å². The molecule has 18 heavy (non-hydrogen) atoms. The lowest BCUT2D eigenvalue weighted by Crippen LogP contribution is -2.47. The van der Waals surface area contributed by atoms with E-state index in [1.807, 2.05) is 19.9 Å². The number of carbonyl (C=O) groups is 1. The van der Waals surface area contributed by atoms with Gasteiger partial charge in [-0.1, -0.05) is 19.9 Å². The number of benzene rings is 1. The molecule has 3 heteroatoms. The Morgan fingerprint density at radius 1 is 1.39 bits per heavy atom. The summed E-state index contributed by atoms with van der Waals surface area (Å²) in [4.78, 5) is 11.9. The third kappa shape index (κ3) is 1.73. The number of hydrogen-bond donors (Lipinski definition) is 0. The molecule has 0 N–H and O–H groups in total. The Bertz CT molecular complexity index is 464. The van der Waals surface area contributed by atoms with Gasteiger partial charge in [-0.25, -0.2) is 4.39 Å². The lowest BCUT2D eigenvalue weighted by atomic mass is 9.54. The maximum Gasteiger partial charge on any atom is 0.165 e. The first-order valence-electron chi connectivity index (χ1n) is 6.45. The van der Waals surface area contributed by atoms with E-state index in [1.54, 1.807) is 6.07 Å². The van der Waals surface area contributed by atoms with Crippen molar-refractivity contribution in [3.05, 3.63) is 29.6 Å². The summed E-state index contributed by atoms with van der Waals surface area (Å²) < 4.78 is 18.6. The topological polar surface area (TPSA) is 26.3 Å². The zero-order chi connectivity index (χ0) is 13.3. The van der Waals surface area contributed by atoms with Crippen molar-refractivity contribution in [2.24, 2.45) is 5.41 Å². The van der Waals surface area contributed by atoms with Gasteiger partial charge in [0.25, 0.3) is 0 Å². The minimum atomic E-state index is -0.351. The van der Waals surface area contributed by atoms with E-state index in [9.17, 15) is 9.18 Å². The molecule has 0 spiro atoms. The van der Waals surface area contributed by atoms with Crippen LogP contribution in [0.5, 0.6) is 5.75 Å². The van der Waals surface area contributed by atoms with E-state index in [-0.39, 0.29) is 22.9 Å². The Morgan fingerprint density at radius 3 is 2.50 bits per heavy atom. The molecule has 1 aliphatic carbocycles. The van der Waals surface area contributed by atoms with Crippen LogP contribution >= 0.6 is 0 Å². The number of methoxy groups -OCH3 is 1. The number of halogens is 1. The summed E-state index contributed by atoms with van der Waals surface area (Å²) in [5.74, 6) is 0.368. The van der Waals surface area contributed by atoms with Crippen LogP contribution in [-0.4, -0.2) is 12.9 Å². The second-order valence-electron chi connectivity index (χ2n) is 4.94. The molecule has 1 aromatic rings. The zero-order valence-corrected chi connectivity index (χ0v) is 11.1. The van der Waals surface area contributed by atoms with Gasteiger partial charge in [-0.2, -0.15) is 0 Å². The van der Waals surface area contributed by atoms with E-state index in [0.29, 0.717) is 12.2 Å². The normalized spacial score (nSPS) is 21.6. The van der Waals surface area contributed by atoms with Crippen LogP contribution < -0.4 is 4.74 Å². The summed E-state index contributed by atoms with van der Waals surface area (Å²) in [6, 6.07) is 5.03. The summed E-state index contributed by atoms with van der Waals surface area (Å²) in [6.45, 7) is 4.07. The second-order valence-corrected chi connectivity index (χ2v) is 4.94. The van der Waals surface area contributed by atoms with Crippen molar-refractivity contribution < 1.29 is 13.9 Å². The molecule has 0 radical (unpaired) electrons. The minimum Gasteiger partial charge on any atom is -0.494 e. The molecule has 0 saturated heterocycles. The quantitative estimate of drug-likeness (QED) is 0.814. The van der Waals surface area contributed by atoms with Crippen LogP contribution in [0.25, 0.3) is 0 Å². The Kier molecular flexibility index (Phi) is 3.42. The zero-order valence-electron chi connectivity index (χ0n) is 11.1. The summed E-state index contributed by atoms with van der Waals surface area (Å²) in [6.07, 6.45) is 2.18. The van der Waals surface area contributed by atoms with Gasteiger partial charge >= 0.3 is 0 Å². The van der Waals surface area contributed by atoms with Crippen LogP contribution in [0.1, 0.15) is 44.6 Å². The monoisotopic (exact) mass is 250 g/mol. The van der Waals surface area contributed by atoms with Gasteiger partial charge in [-0.3, -0.25) is 4.79 Å². The highest BCUT2D eigenvalue weighted by Gasteiger charge is 2.52. The largest absolute Gasteiger partial charge is 0.494 e. The minimum absolute atomic E-state index is 0.153. The van der Waals surface area contributed by atoms with Crippen LogP contribution in [-0.2, 0) is 4.79 Å². The molecule has 1 aromatic carbocycles. The molecule has 0 amide bonds. The van der Waals surface area contributed by atoms with Gasteiger partial charge in [0.1, 0.15) is 5.78 Å². The molecule has 1 atom stereocenters. The number of rotatable bonds is 4. The molecule has 1 aliphatic rings. The van der Waals surface area contributed by atoms with E-state index >= 15 is 0 Å². The van der Waals surface area contributed by atoms with Crippen molar-refractivity contribution in [1.82, 2.24) is 0 Å². The molecule has 1 unspecified atom stereocenters. The molecule has 0 heterocycles. The number of Topliss-reactive ketones (excluding diaryl/α,β-unsaturated/α-hetero) is 1. The second kappa shape index (κ2) is 4.71. The summed E-state index contributed by atoms with van der Waals surface area (Å²) in [5, 5.41) is 0. The number of ether oxygens (including phenoxy) is 1. The average Bonchev–Trinajstić information content (AvgIpc) is 2.37. The van der Waals surface area contributed by atoms with Crippen molar-refractivity contribution in [1.29, 1.82) is 0 Å². The molecule has 1 saturated carbocycles. The van der Waals surface area contributed by atoms with E-state index < -0.39 is 0 Å². The van der Waals surface area contributed by atoms with Crippen molar-refractivity contribution in [2.75, 3.05) is 7.11 Å². The maximum absolute atomic E-state index is 13.7. The maximum atomic E-state index is 13.7. The van der Waals surface area contributed by atoms with E-state index in [0.717, 1.165) is 18.4 Å². The fraction of sp³-hybridized carbons (Fsp3) is 0.533. The molecular formula is C15H19FO2. The fourth-order valence-corrected chi connectivity index (χ4v) is 3.12. The Morgan fingerprint density at radius 2 is 2.06 bits per heavy atom. The molecular weight excluding hydrogens is 231 g/mol. The van der Waals surface area contributed by atoms with Crippen molar-refractivity contribution in [3.8, 4) is 5.75 Å². The molecule has 98 valence electrons. The van der Waals surface area contributed by atoms with Gasteiger partial charge in [-0.15, -0.1) is 0 Å². The molecule has 2 nitrogen and oxygen atoms in total. The van der Waals surface area contributed by atoms with E-state index in [4.69, 9.17) is 4.74 Å². The molecule has 1 fully saturated rings. The Hall–Kier alpha value is -1.38. The van der Waals surface area contributed by atoms with E-state index in [2.05, 4.69) is 0 Å². The first kappa shape index (κ1) is 13.1. The highest BCUT2D eigenvalue weighted by Crippen LogP contribution is 2.54. The number of carbonyl (C=O) groups excluding carboxylic acids is 1. The molecule has 2 rings (SSSR count). The molecule has 0 bridgehead atoms. The van der Waals surface area contributed by atoms with E-state index in [1.165, 1.54) is 13.2 Å². The van der Waals surface area contributed by atoms with Gasteiger partial charge in [0.2, 0.25) is 0 Å². The van der Waals surface area contributed by atoms with Crippen LogP contribution in [0.15, 0.2) is 18.2 Å². The Labute approximate surface area is 107 Å². The number of ketones is 1. The highest BCUT2D eigenvalue weighted by atomic mass is 19.1. The third-order valence-corrected chi connectivity index (χ3v) is 4.45. The van der Waals surface area contributed by atoms with Crippen molar-refractivity contribution >= 4 is 5.78 Å². The average molecular weight is 250 g/mol.